The lowest BCUT2D eigenvalue weighted by Gasteiger charge is -2.12. The van der Waals surface area contributed by atoms with Gasteiger partial charge in [0.15, 0.2) is 0 Å². The topological polar surface area (TPSA) is 111 Å². The average molecular weight is 389 g/mol. The molecule has 144 valence electrons. The molecule has 1 aliphatic carbocycles. The van der Waals surface area contributed by atoms with Gasteiger partial charge >= 0.3 is 0 Å². The van der Waals surface area contributed by atoms with Crippen LogP contribution in [-0.2, 0) is 10.0 Å². The first-order valence-corrected chi connectivity index (χ1v) is 10.2. The van der Waals surface area contributed by atoms with Crippen LogP contribution in [0.5, 0.6) is 5.75 Å². The first-order chi connectivity index (χ1) is 12.9. The lowest BCUT2D eigenvalue weighted by Crippen LogP contribution is -2.38. The highest BCUT2D eigenvalue weighted by Crippen LogP contribution is 2.31. The van der Waals surface area contributed by atoms with E-state index in [-0.39, 0.29) is 16.8 Å². The molecule has 2 aromatic rings. The van der Waals surface area contributed by atoms with Gasteiger partial charge in [0.05, 0.1) is 12.0 Å². The van der Waals surface area contributed by atoms with E-state index >= 15 is 0 Å². The summed E-state index contributed by atoms with van der Waals surface area (Å²) in [4.78, 5) is 12.2. The maximum absolute atomic E-state index is 12.5. The van der Waals surface area contributed by atoms with E-state index in [2.05, 4.69) is 10.0 Å². The molecule has 1 amide bonds. The van der Waals surface area contributed by atoms with Crippen molar-refractivity contribution >= 4 is 21.6 Å². The number of hydrogen-bond acceptors (Lipinski definition) is 5. The van der Waals surface area contributed by atoms with Crippen LogP contribution in [0.3, 0.4) is 0 Å². The normalized spacial score (nSPS) is 15.0. The highest BCUT2D eigenvalue weighted by molar-refractivity contribution is 7.92. The number of hydrogen-bond donors (Lipinski definition) is 3. The largest absolute Gasteiger partial charge is 0.497 e. The third-order valence-corrected chi connectivity index (χ3v) is 5.89. The van der Waals surface area contributed by atoms with Crippen molar-refractivity contribution in [2.75, 3.05) is 18.4 Å². The van der Waals surface area contributed by atoms with Gasteiger partial charge in [-0.2, -0.15) is 0 Å². The van der Waals surface area contributed by atoms with Crippen molar-refractivity contribution in [3.8, 4) is 5.75 Å². The minimum absolute atomic E-state index is 0.0257. The fraction of sp³-hybridized carbons (Fsp3) is 0.316. The number of methoxy groups -OCH3 is 1. The molecule has 7 nitrogen and oxygen atoms in total. The quantitative estimate of drug-likeness (QED) is 0.639. The summed E-state index contributed by atoms with van der Waals surface area (Å²) >= 11 is 0. The molecule has 0 spiro atoms. The van der Waals surface area contributed by atoms with E-state index in [0.29, 0.717) is 29.5 Å². The number of sulfonamides is 1. The number of nitrogens with two attached hydrogens (primary N) is 1. The maximum Gasteiger partial charge on any atom is 0.261 e. The lowest BCUT2D eigenvalue weighted by molar-refractivity contribution is 0.0950. The molecule has 1 atom stereocenters. The molecule has 0 saturated heterocycles. The summed E-state index contributed by atoms with van der Waals surface area (Å²) in [5, 5.41) is 2.79. The Morgan fingerprint density at radius 3 is 2.33 bits per heavy atom. The zero-order valence-corrected chi connectivity index (χ0v) is 15.8. The third-order valence-electron chi connectivity index (χ3n) is 4.49. The summed E-state index contributed by atoms with van der Waals surface area (Å²) in [6, 6.07) is 12.3. The highest BCUT2D eigenvalue weighted by Gasteiger charge is 2.28. The smallest absolute Gasteiger partial charge is 0.261 e. The molecule has 0 aromatic heterocycles. The van der Waals surface area contributed by atoms with Crippen LogP contribution in [0.2, 0.25) is 0 Å². The monoisotopic (exact) mass is 389 g/mol. The van der Waals surface area contributed by atoms with Gasteiger partial charge in [-0.3, -0.25) is 9.52 Å². The summed E-state index contributed by atoms with van der Waals surface area (Å²) in [5.41, 5.74) is 6.78. The van der Waals surface area contributed by atoms with E-state index in [1.807, 2.05) is 0 Å². The number of nitrogens with one attached hydrogen (secondary N) is 2. The Morgan fingerprint density at radius 2 is 1.78 bits per heavy atom. The third kappa shape index (κ3) is 4.99. The molecule has 1 aliphatic rings. The van der Waals surface area contributed by atoms with Crippen LogP contribution < -0.4 is 20.5 Å². The summed E-state index contributed by atoms with van der Waals surface area (Å²) in [5.74, 6) is 0.870. The number of rotatable bonds is 8. The fourth-order valence-electron chi connectivity index (χ4n) is 2.66. The fourth-order valence-corrected chi connectivity index (χ4v) is 3.72. The van der Waals surface area contributed by atoms with Gasteiger partial charge in [-0.15, -0.1) is 0 Å². The predicted octanol–water partition coefficient (Wildman–Crippen LogP) is 1.96. The molecule has 0 radical (unpaired) electrons. The molecule has 0 aliphatic heterocycles. The maximum atomic E-state index is 12.5. The van der Waals surface area contributed by atoms with Crippen molar-refractivity contribution in [1.82, 2.24) is 5.32 Å². The first-order valence-electron chi connectivity index (χ1n) is 8.70. The van der Waals surface area contributed by atoms with Crippen LogP contribution in [0.4, 0.5) is 5.69 Å². The van der Waals surface area contributed by atoms with Gasteiger partial charge in [-0.1, -0.05) is 0 Å². The molecule has 1 unspecified atom stereocenters. The van der Waals surface area contributed by atoms with Crippen molar-refractivity contribution in [1.29, 1.82) is 0 Å². The summed E-state index contributed by atoms with van der Waals surface area (Å²) in [7, 11) is -2.21. The Morgan fingerprint density at radius 1 is 1.15 bits per heavy atom. The van der Waals surface area contributed by atoms with Crippen LogP contribution in [0.15, 0.2) is 53.4 Å². The van der Waals surface area contributed by atoms with Crippen LogP contribution in [0, 0.1) is 5.92 Å². The minimum atomic E-state index is -3.75. The van der Waals surface area contributed by atoms with Crippen molar-refractivity contribution in [2.45, 2.75) is 23.8 Å². The molecule has 27 heavy (non-hydrogen) atoms. The lowest BCUT2D eigenvalue weighted by atomic mass is 10.2. The van der Waals surface area contributed by atoms with E-state index < -0.39 is 10.0 Å². The first kappa shape index (κ1) is 19.2. The van der Waals surface area contributed by atoms with Gasteiger partial charge < -0.3 is 15.8 Å². The Hall–Kier alpha value is -2.58. The average Bonchev–Trinajstić information content (AvgIpc) is 3.51. The highest BCUT2D eigenvalue weighted by atomic mass is 32.2. The predicted molar refractivity (Wildman–Crippen MR) is 103 cm³/mol. The number of carbonyl (C=O) groups excluding carboxylic acids is 1. The van der Waals surface area contributed by atoms with E-state index in [0.717, 1.165) is 12.8 Å². The van der Waals surface area contributed by atoms with Crippen LogP contribution in [-0.4, -0.2) is 34.0 Å². The van der Waals surface area contributed by atoms with Crippen LogP contribution >= 0.6 is 0 Å². The zero-order chi connectivity index (χ0) is 19.4. The van der Waals surface area contributed by atoms with E-state index in [4.69, 9.17) is 10.5 Å². The van der Waals surface area contributed by atoms with E-state index in [1.54, 1.807) is 24.3 Å². The molecule has 8 heteroatoms. The summed E-state index contributed by atoms with van der Waals surface area (Å²) < 4.78 is 32.5. The standard InChI is InChI=1S/C19H23N3O4S/c1-26-16-8-6-15(7-9-16)22-27(24,25)17-10-4-14(5-11-17)19(23)21-12-18(20)13-2-3-13/h4-11,13,18,22H,2-3,12,20H2,1H3,(H,21,23). The van der Waals surface area contributed by atoms with E-state index in [1.165, 1.54) is 31.4 Å². The van der Waals surface area contributed by atoms with Gasteiger partial charge in [-0.25, -0.2) is 8.42 Å². The second-order valence-electron chi connectivity index (χ2n) is 6.57. The number of carbonyl (C=O) groups is 1. The van der Waals surface area contributed by atoms with Crippen molar-refractivity contribution in [3.05, 3.63) is 54.1 Å². The molecule has 0 bridgehead atoms. The second-order valence-corrected chi connectivity index (χ2v) is 8.25. The number of amides is 1. The molecule has 3 rings (SSSR count). The molecule has 1 fully saturated rings. The summed E-state index contributed by atoms with van der Waals surface area (Å²) in [6.45, 7) is 0.419. The molecule has 0 heterocycles. The van der Waals surface area contributed by atoms with Crippen molar-refractivity contribution in [3.63, 3.8) is 0 Å². The van der Waals surface area contributed by atoms with Gasteiger partial charge in [0.1, 0.15) is 5.75 Å². The van der Waals surface area contributed by atoms with Crippen molar-refractivity contribution < 1.29 is 17.9 Å². The number of anilines is 1. The van der Waals surface area contributed by atoms with Gasteiger partial charge in [0, 0.05) is 23.8 Å². The molecular weight excluding hydrogens is 366 g/mol. The summed E-state index contributed by atoms with van der Waals surface area (Å²) in [6.07, 6.45) is 2.23. The van der Waals surface area contributed by atoms with Gasteiger partial charge in [0.25, 0.3) is 15.9 Å². The van der Waals surface area contributed by atoms with Gasteiger partial charge in [-0.05, 0) is 67.3 Å². The Balaban J connectivity index is 1.62. The van der Waals surface area contributed by atoms with Gasteiger partial charge in [0.2, 0.25) is 0 Å². The Labute approximate surface area is 159 Å². The molecular formula is C19H23N3O4S. The molecule has 1 saturated carbocycles. The van der Waals surface area contributed by atoms with E-state index in [9.17, 15) is 13.2 Å². The SMILES string of the molecule is COc1ccc(NS(=O)(=O)c2ccc(C(=O)NCC(N)C3CC3)cc2)cc1. The Bertz CT molecular complexity index is 892. The van der Waals surface area contributed by atoms with Crippen LogP contribution in [0.25, 0.3) is 0 Å². The Kier molecular flexibility index (Phi) is 5.67. The van der Waals surface area contributed by atoms with Crippen LogP contribution in [0.1, 0.15) is 23.2 Å². The second kappa shape index (κ2) is 7.98. The molecule has 4 N–H and O–H groups in total. The zero-order valence-electron chi connectivity index (χ0n) is 15.0. The number of benzene rings is 2. The van der Waals surface area contributed by atoms with Crippen molar-refractivity contribution in [2.24, 2.45) is 11.7 Å². The minimum Gasteiger partial charge on any atom is -0.497 e. The number of ether oxygens (including phenoxy) is 1. The molecule has 2 aromatic carbocycles.